The monoisotopic (exact) mass is 318 g/mol. The van der Waals surface area contributed by atoms with Crippen molar-refractivity contribution in [2.75, 3.05) is 5.32 Å². The van der Waals surface area contributed by atoms with E-state index in [-0.39, 0.29) is 5.69 Å². The summed E-state index contributed by atoms with van der Waals surface area (Å²) in [5.41, 5.74) is 0.878. The maximum absolute atomic E-state index is 10.6. The highest BCUT2D eigenvalue weighted by Crippen LogP contribution is 2.22. The Morgan fingerprint density at radius 1 is 1.32 bits per heavy atom. The van der Waals surface area contributed by atoms with Crippen molar-refractivity contribution in [2.45, 2.75) is 0 Å². The van der Waals surface area contributed by atoms with E-state index in [0.29, 0.717) is 17.1 Å². The average molecular weight is 319 g/mol. The first-order chi connectivity index (χ1) is 9.10. The third-order valence-electron chi connectivity index (χ3n) is 2.25. The first-order valence-electron chi connectivity index (χ1n) is 5.14. The van der Waals surface area contributed by atoms with Gasteiger partial charge in [0.15, 0.2) is 11.5 Å². The van der Waals surface area contributed by atoms with Gasteiger partial charge in [0.1, 0.15) is 6.07 Å². The van der Waals surface area contributed by atoms with Crippen LogP contribution in [0, 0.1) is 11.3 Å². The van der Waals surface area contributed by atoms with Gasteiger partial charge in [-0.15, -0.1) is 10.2 Å². The number of nitriles is 1. The maximum Gasteiger partial charge on any atom is 0.356 e. The molecule has 1 heterocycles. The van der Waals surface area contributed by atoms with E-state index >= 15 is 0 Å². The smallest absolute Gasteiger partial charge is 0.356 e. The lowest BCUT2D eigenvalue weighted by Gasteiger charge is -2.07. The number of benzene rings is 1. The van der Waals surface area contributed by atoms with E-state index in [4.69, 9.17) is 10.4 Å². The third-order valence-corrected chi connectivity index (χ3v) is 2.74. The van der Waals surface area contributed by atoms with Gasteiger partial charge in [0.25, 0.3) is 0 Å². The molecule has 0 radical (unpaired) electrons. The minimum absolute atomic E-state index is 0.137. The number of halogens is 1. The predicted octanol–water partition coefficient (Wildman–Crippen LogP) is 2.55. The fourth-order valence-corrected chi connectivity index (χ4v) is 1.73. The van der Waals surface area contributed by atoms with Crippen LogP contribution < -0.4 is 5.32 Å². The van der Waals surface area contributed by atoms with Crippen LogP contribution in [0.15, 0.2) is 34.8 Å². The van der Waals surface area contributed by atoms with Gasteiger partial charge in [-0.2, -0.15) is 5.26 Å². The number of carboxylic acid groups (broad SMARTS) is 1. The molecular weight excluding hydrogens is 312 g/mol. The number of hydrogen-bond acceptors (Lipinski definition) is 5. The van der Waals surface area contributed by atoms with Crippen molar-refractivity contribution in [1.29, 1.82) is 5.26 Å². The fraction of sp³-hybridized carbons (Fsp3) is 0. The van der Waals surface area contributed by atoms with Crippen molar-refractivity contribution in [1.82, 2.24) is 10.2 Å². The van der Waals surface area contributed by atoms with Gasteiger partial charge in [0, 0.05) is 4.47 Å². The van der Waals surface area contributed by atoms with Crippen molar-refractivity contribution < 1.29 is 9.90 Å². The molecule has 0 aliphatic rings. The molecule has 0 saturated carbocycles. The first kappa shape index (κ1) is 13.0. The number of carboxylic acids is 1. The Kier molecular flexibility index (Phi) is 3.73. The number of aromatic nitrogens is 2. The van der Waals surface area contributed by atoms with Gasteiger partial charge in [-0.3, -0.25) is 0 Å². The second kappa shape index (κ2) is 5.46. The summed E-state index contributed by atoms with van der Waals surface area (Å²) in [4.78, 5) is 10.6. The van der Waals surface area contributed by atoms with E-state index in [1.165, 1.54) is 12.1 Å². The summed E-state index contributed by atoms with van der Waals surface area (Å²) in [6.45, 7) is 0. The highest BCUT2D eigenvalue weighted by Gasteiger charge is 2.07. The third kappa shape index (κ3) is 3.05. The Balaban J connectivity index is 2.26. The lowest BCUT2D eigenvalue weighted by Crippen LogP contribution is -2.04. The molecular formula is C12H7BrN4O2. The van der Waals surface area contributed by atoms with Crippen LogP contribution in [0.25, 0.3) is 0 Å². The number of rotatable bonds is 3. The van der Waals surface area contributed by atoms with Crippen molar-refractivity contribution >= 4 is 33.4 Å². The van der Waals surface area contributed by atoms with Gasteiger partial charge in [-0.05, 0) is 30.3 Å². The molecule has 0 atom stereocenters. The molecule has 2 aromatic rings. The molecule has 1 aromatic heterocycles. The first-order valence-corrected chi connectivity index (χ1v) is 5.93. The lowest BCUT2D eigenvalue weighted by atomic mass is 10.2. The summed E-state index contributed by atoms with van der Waals surface area (Å²) >= 11 is 3.28. The molecule has 0 fully saturated rings. The minimum Gasteiger partial charge on any atom is -0.476 e. The summed E-state index contributed by atoms with van der Waals surface area (Å²) in [7, 11) is 0. The Morgan fingerprint density at radius 2 is 2.11 bits per heavy atom. The molecule has 2 N–H and O–H groups in total. The quantitative estimate of drug-likeness (QED) is 0.902. The number of carbonyl (C=O) groups is 1. The molecule has 0 spiro atoms. The normalized spacial score (nSPS) is 9.68. The molecule has 0 aliphatic carbocycles. The summed E-state index contributed by atoms with van der Waals surface area (Å²) in [5.74, 6) is -0.774. The molecule has 0 amide bonds. The van der Waals surface area contributed by atoms with Crippen LogP contribution in [0.2, 0.25) is 0 Å². The number of aromatic carboxylic acids is 1. The zero-order valence-corrected chi connectivity index (χ0v) is 11.0. The SMILES string of the molecule is N#Cc1cc(Br)ccc1Nc1ccc(C(=O)O)nn1. The van der Waals surface area contributed by atoms with Crippen LogP contribution in [-0.2, 0) is 0 Å². The second-order valence-electron chi connectivity index (χ2n) is 3.54. The minimum atomic E-state index is -1.14. The Bertz CT molecular complexity index is 664. The molecule has 0 bridgehead atoms. The van der Waals surface area contributed by atoms with E-state index in [2.05, 4.69) is 37.5 Å². The van der Waals surface area contributed by atoms with Crippen LogP contribution in [0.5, 0.6) is 0 Å². The molecule has 2 rings (SSSR count). The van der Waals surface area contributed by atoms with Crippen molar-refractivity contribution in [3.8, 4) is 6.07 Å². The largest absolute Gasteiger partial charge is 0.476 e. The molecule has 1 aromatic carbocycles. The van der Waals surface area contributed by atoms with Crippen LogP contribution in [0.4, 0.5) is 11.5 Å². The van der Waals surface area contributed by atoms with Crippen LogP contribution >= 0.6 is 15.9 Å². The molecule has 7 heteroatoms. The van der Waals surface area contributed by atoms with Crippen LogP contribution in [0.3, 0.4) is 0 Å². The molecule has 19 heavy (non-hydrogen) atoms. The second-order valence-corrected chi connectivity index (χ2v) is 4.45. The molecule has 0 saturated heterocycles. The zero-order chi connectivity index (χ0) is 13.8. The Morgan fingerprint density at radius 3 is 2.68 bits per heavy atom. The van der Waals surface area contributed by atoms with Crippen molar-refractivity contribution in [3.63, 3.8) is 0 Å². The zero-order valence-electron chi connectivity index (χ0n) is 9.46. The van der Waals surface area contributed by atoms with Gasteiger partial charge in [-0.25, -0.2) is 4.79 Å². The topological polar surface area (TPSA) is 98.9 Å². The summed E-state index contributed by atoms with van der Waals surface area (Å²) < 4.78 is 0.793. The van der Waals surface area contributed by atoms with E-state index in [9.17, 15) is 4.79 Å². The summed E-state index contributed by atoms with van der Waals surface area (Å²) in [5, 5.41) is 27.9. The lowest BCUT2D eigenvalue weighted by molar-refractivity contribution is 0.0689. The molecule has 0 aliphatic heterocycles. The number of nitrogens with one attached hydrogen (secondary N) is 1. The van der Waals surface area contributed by atoms with Gasteiger partial charge >= 0.3 is 5.97 Å². The highest BCUT2D eigenvalue weighted by molar-refractivity contribution is 9.10. The Labute approximate surface area is 116 Å². The molecule has 0 unspecified atom stereocenters. The summed E-state index contributed by atoms with van der Waals surface area (Å²) in [6.07, 6.45) is 0. The molecule has 6 nitrogen and oxygen atoms in total. The molecule has 94 valence electrons. The Hall–Kier alpha value is -2.46. The average Bonchev–Trinajstić information content (AvgIpc) is 2.41. The standard InChI is InChI=1S/C12H7BrN4O2/c13-8-1-2-9(7(5-8)6-14)15-11-4-3-10(12(18)19)16-17-11/h1-5H,(H,15,17)(H,18,19). The van der Waals surface area contributed by atoms with Crippen LogP contribution in [0.1, 0.15) is 16.1 Å². The number of hydrogen-bond donors (Lipinski definition) is 2. The van der Waals surface area contributed by atoms with Gasteiger partial charge < -0.3 is 10.4 Å². The van der Waals surface area contributed by atoms with E-state index < -0.39 is 5.97 Å². The predicted molar refractivity (Wildman–Crippen MR) is 71.1 cm³/mol. The summed E-state index contributed by atoms with van der Waals surface area (Å²) in [6, 6.07) is 10.0. The van der Waals surface area contributed by atoms with E-state index in [0.717, 1.165) is 4.47 Å². The van der Waals surface area contributed by atoms with Crippen LogP contribution in [-0.4, -0.2) is 21.3 Å². The van der Waals surface area contributed by atoms with Crippen molar-refractivity contribution in [3.05, 3.63) is 46.1 Å². The number of anilines is 2. The van der Waals surface area contributed by atoms with E-state index in [1.54, 1.807) is 18.2 Å². The van der Waals surface area contributed by atoms with Gasteiger partial charge in [-0.1, -0.05) is 15.9 Å². The van der Waals surface area contributed by atoms with E-state index in [1.807, 2.05) is 0 Å². The van der Waals surface area contributed by atoms with Crippen molar-refractivity contribution in [2.24, 2.45) is 0 Å². The fourth-order valence-electron chi connectivity index (χ4n) is 1.37. The van der Waals surface area contributed by atoms with Gasteiger partial charge in [0.2, 0.25) is 0 Å². The number of nitrogens with zero attached hydrogens (tertiary/aromatic N) is 3. The van der Waals surface area contributed by atoms with Gasteiger partial charge in [0.05, 0.1) is 11.3 Å². The maximum atomic E-state index is 10.6. The highest BCUT2D eigenvalue weighted by atomic mass is 79.9.